The molecule has 1 aromatic carbocycles. The van der Waals surface area contributed by atoms with Crippen molar-refractivity contribution in [2.24, 2.45) is 11.8 Å². The lowest BCUT2D eigenvalue weighted by Gasteiger charge is -2.32. The van der Waals surface area contributed by atoms with Crippen LogP contribution in [0.25, 0.3) is 0 Å². The van der Waals surface area contributed by atoms with E-state index in [-0.39, 0.29) is 12.0 Å². The molecule has 0 bridgehead atoms. The Labute approximate surface area is 122 Å². The number of hydrogen-bond donors (Lipinski definition) is 1. The van der Waals surface area contributed by atoms with Crippen molar-refractivity contribution < 1.29 is 4.79 Å². The molecule has 0 saturated carbocycles. The van der Waals surface area contributed by atoms with E-state index in [9.17, 15) is 4.79 Å². The predicted octanol–water partition coefficient (Wildman–Crippen LogP) is 2.67. The van der Waals surface area contributed by atoms with Crippen LogP contribution >= 0.6 is 0 Å². The molecule has 3 heteroatoms. The largest absolute Gasteiger partial charge is 0.335 e. The van der Waals surface area contributed by atoms with E-state index in [0.717, 1.165) is 26.1 Å². The van der Waals surface area contributed by atoms with E-state index in [1.54, 1.807) is 0 Å². The summed E-state index contributed by atoms with van der Waals surface area (Å²) in [4.78, 5) is 14.9. The van der Waals surface area contributed by atoms with Crippen LogP contribution in [0.3, 0.4) is 0 Å². The van der Waals surface area contributed by atoms with Crippen molar-refractivity contribution >= 4 is 5.91 Å². The van der Waals surface area contributed by atoms with Crippen LogP contribution in [-0.2, 0) is 11.3 Å². The summed E-state index contributed by atoms with van der Waals surface area (Å²) in [5.74, 6) is 0.873. The first kappa shape index (κ1) is 15.0. The summed E-state index contributed by atoms with van der Waals surface area (Å²) in [7, 11) is 0. The zero-order valence-electron chi connectivity index (χ0n) is 12.8. The van der Waals surface area contributed by atoms with Crippen LogP contribution in [0.2, 0.25) is 0 Å². The second-order valence-electron chi connectivity index (χ2n) is 5.95. The average molecular weight is 274 g/mol. The van der Waals surface area contributed by atoms with E-state index in [4.69, 9.17) is 0 Å². The van der Waals surface area contributed by atoms with Crippen LogP contribution in [0.15, 0.2) is 30.3 Å². The molecule has 20 heavy (non-hydrogen) atoms. The van der Waals surface area contributed by atoms with E-state index in [0.29, 0.717) is 11.8 Å². The molecule has 1 saturated heterocycles. The van der Waals surface area contributed by atoms with Crippen LogP contribution in [0.1, 0.15) is 32.8 Å². The third-order valence-corrected chi connectivity index (χ3v) is 4.44. The van der Waals surface area contributed by atoms with Gasteiger partial charge in [0.1, 0.15) is 0 Å². The van der Waals surface area contributed by atoms with Gasteiger partial charge in [-0.15, -0.1) is 0 Å². The lowest BCUT2D eigenvalue weighted by atomic mass is 9.95. The molecule has 0 aliphatic carbocycles. The van der Waals surface area contributed by atoms with Crippen molar-refractivity contribution in [3.05, 3.63) is 35.9 Å². The van der Waals surface area contributed by atoms with Crippen LogP contribution in [0.5, 0.6) is 0 Å². The average Bonchev–Trinajstić information content (AvgIpc) is 2.90. The topological polar surface area (TPSA) is 32.3 Å². The maximum absolute atomic E-state index is 12.8. The molecule has 1 N–H and O–H groups in total. The summed E-state index contributed by atoms with van der Waals surface area (Å²) in [5.41, 5.74) is 1.21. The van der Waals surface area contributed by atoms with E-state index >= 15 is 0 Å². The summed E-state index contributed by atoms with van der Waals surface area (Å²) in [6.45, 7) is 8.95. The van der Waals surface area contributed by atoms with Crippen molar-refractivity contribution in [3.8, 4) is 0 Å². The van der Waals surface area contributed by atoms with Crippen LogP contribution in [-0.4, -0.2) is 29.9 Å². The van der Waals surface area contributed by atoms with Gasteiger partial charge in [-0.3, -0.25) is 4.79 Å². The summed E-state index contributed by atoms with van der Waals surface area (Å²) >= 11 is 0. The highest BCUT2D eigenvalue weighted by atomic mass is 16.2. The predicted molar refractivity (Wildman–Crippen MR) is 82.3 cm³/mol. The SMILES string of the molecule is CCC(C)N(Cc1ccccc1)C(=O)C1CNCC1C. The second kappa shape index (κ2) is 6.89. The van der Waals surface area contributed by atoms with Gasteiger partial charge >= 0.3 is 0 Å². The normalized spacial score (nSPS) is 23.6. The Balaban J connectivity index is 2.13. The molecule has 1 heterocycles. The molecule has 0 aromatic heterocycles. The monoisotopic (exact) mass is 274 g/mol. The van der Waals surface area contributed by atoms with Crippen molar-refractivity contribution in [3.63, 3.8) is 0 Å². The molecular weight excluding hydrogens is 248 g/mol. The fourth-order valence-electron chi connectivity index (χ4n) is 2.81. The van der Waals surface area contributed by atoms with Gasteiger partial charge in [0, 0.05) is 19.1 Å². The maximum atomic E-state index is 12.8. The number of amides is 1. The second-order valence-corrected chi connectivity index (χ2v) is 5.95. The van der Waals surface area contributed by atoms with Gasteiger partial charge in [-0.1, -0.05) is 44.2 Å². The van der Waals surface area contributed by atoms with Crippen molar-refractivity contribution in [2.45, 2.75) is 39.8 Å². The zero-order valence-corrected chi connectivity index (χ0v) is 12.8. The molecule has 3 unspecified atom stereocenters. The Morgan fingerprint density at radius 2 is 2.05 bits per heavy atom. The summed E-state index contributed by atoms with van der Waals surface area (Å²) in [6.07, 6.45) is 0.993. The molecular formula is C17H26N2O. The molecule has 3 nitrogen and oxygen atoms in total. The fourth-order valence-corrected chi connectivity index (χ4v) is 2.81. The zero-order chi connectivity index (χ0) is 14.5. The third-order valence-electron chi connectivity index (χ3n) is 4.44. The number of nitrogens with zero attached hydrogens (tertiary/aromatic N) is 1. The molecule has 110 valence electrons. The molecule has 1 aliphatic heterocycles. The van der Waals surface area contributed by atoms with Gasteiger partial charge in [0.05, 0.1) is 5.92 Å². The Hall–Kier alpha value is -1.35. The summed E-state index contributed by atoms with van der Waals surface area (Å²) in [5, 5.41) is 3.33. The van der Waals surface area contributed by atoms with E-state index in [1.165, 1.54) is 5.56 Å². The number of carbonyl (C=O) groups is 1. The van der Waals surface area contributed by atoms with Crippen LogP contribution in [0, 0.1) is 11.8 Å². The highest BCUT2D eigenvalue weighted by Crippen LogP contribution is 2.22. The molecule has 1 aromatic rings. The molecule has 3 atom stereocenters. The van der Waals surface area contributed by atoms with Gasteiger partial charge in [0.15, 0.2) is 0 Å². The standard InChI is InChI=1S/C17H26N2O/c1-4-14(3)19(12-15-8-6-5-7-9-15)17(20)16-11-18-10-13(16)2/h5-9,13-14,16,18H,4,10-12H2,1-3H3. The van der Waals surface area contributed by atoms with Gasteiger partial charge in [-0.25, -0.2) is 0 Å². The van der Waals surface area contributed by atoms with Crippen molar-refractivity contribution in [1.29, 1.82) is 0 Å². The Kier molecular flexibility index (Phi) is 5.18. The van der Waals surface area contributed by atoms with E-state index in [2.05, 4.69) is 43.1 Å². The van der Waals surface area contributed by atoms with Crippen LogP contribution in [0.4, 0.5) is 0 Å². The highest BCUT2D eigenvalue weighted by Gasteiger charge is 2.34. The molecule has 2 rings (SSSR count). The minimum Gasteiger partial charge on any atom is -0.335 e. The Morgan fingerprint density at radius 1 is 1.35 bits per heavy atom. The van der Waals surface area contributed by atoms with Gasteiger partial charge in [0.25, 0.3) is 0 Å². The summed E-state index contributed by atoms with van der Waals surface area (Å²) < 4.78 is 0. The number of hydrogen-bond acceptors (Lipinski definition) is 2. The Morgan fingerprint density at radius 3 is 2.60 bits per heavy atom. The first-order valence-corrected chi connectivity index (χ1v) is 7.68. The highest BCUT2D eigenvalue weighted by molar-refractivity contribution is 5.80. The smallest absolute Gasteiger partial charge is 0.227 e. The number of benzene rings is 1. The minimum absolute atomic E-state index is 0.132. The molecule has 1 fully saturated rings. The van der Waals surface area contributed by atoms with E-state index in [1.807, 2.05) is 18.2 Å². The summed E-state index contributed by atoms with van der Waals surface area (Å²) in [6, 6.07) is 10.6. The lowest BCUT2D eigenvalue weighted by molar-refractivity contribution is -0.138. The van der Waals surface area contributed by atoms with Crippen molar-refractivity contribution in [2.75, 3.05) is 13.1 Å². The number of nitrogens with one attached hydrogen (secondary N) is 1. The number of carbonyl (C=O) groups excluding carboxylic acids is 1. The van der Waals surface area contributed by atoms with Gasteiger partial charge in [0.2, 0.25) is 5.91 Å². The fraction of sp³-hybridized carbons (Fsp3) is 0.588. The first-order chi connectivity index (χ1) is 9.63. The van der Waals surface area contributed by atoms with E-state index < -0.39 is 0 Å². The van der Waals surface area contributed by atoms with Gasteiger partial charge in [-0.05, 0) is 31.4 Å². The third kappa shape index (κ3) is 3.40. The molecule has 1 amide bonds. The first-order valence-electron chi connectivity index (χ1n) is 7.68. The molecule has 1 aliphatic rings. The Bertz CT molecular complexity index is 432. The maximum Gasteiger partial charge on any atom is 0.227 e. The molecule has 0 spiro atoms. The quantitative estimate of drug-likeness (QED) is 0.895. The molecule has 0 radical (unpaired) electrons. The van der Waals surface area contributed by atoms with Gasteiger partial charge < -0.3 is 10.2 Å². The van der Waals surface area contributed by atoms with Crippen LogP contribution < -0.4 is 5.32 Å². The minimum atomic E-state index is 0.132. The number of rotatable bonds is 5. The van der Waals surface area contributed by atoms with Gasteiger partial charge in [-0.2, -0.15) is 0 Å². The van der Waals surface area contributed by atoms with Crippen molar-refractivity contribution in [1.82, 2.24) is 10.2 Å². The lowest BCUT2D eigenvalue weighted by Crippen LogP contribution is -2.43.